The molecule has 0 radical (unpaired) electrons. The largest absolute Gasteiger partial charge is 0.476 e. The summed E-state index contributed by atoms with van der Waals surface area (Å²) in [7, 11) is 0. The number of hydrogen-bond acceptors (Lipinski definition) is 6. The number of aromatic carboxylic acids is 1. The van der Waals surface area contributed by atoms with Crippen LogP contribution in [0.4, 0.5) is 0 Å². The maximum atomic E-state index is 12.3. The second kappa shape index (κ2) is 7.62. The van der Waals surface area contributed by atoms with Gasteiger partial charge in [-0.1, -0.05) is 0 Å². The monoisotopic (exact) mass is 298 g/mol. The van der Waals surface area contributed by atoms with Gasteiger partial charge in [-0.15, -0.1) is 0 Å². The third-order valence-corrected chi connectivity index (χ3v) is 3.18. The highest BCUT2D eigenvalue weighted by Crippen LogP contribution is 2.09. The van der Waals surface area contributed by atoms with E-state index in [9.17, 15) is 9.59 Å². The third kappa shape index (κ3) is 3.94. The summed E-state index contributed by atoms with van der Waals surface area (Å²) >= 11 is 0. The van der Waals surface area contributed by atoms with Crippen molar-refractivity contribution in [3.8, 4) is 0 Å². The Hall–Kier alpha value is -2.10. The number of hydrogen-bond donors (Lipinski definition) is 2. The van der Waals surface area contributed by atoms with Crippen molar-refractivity contribution in [3.05, 3.63) is 23.8 Å². The van der Waals surface area contributed by atoms with Crippen LogP contribution in [0.5, 0.6) is 0 Å². The summed E-state index contributed by atoms with van der Waals surface area (Å²) in [6.45, 7) is 2.92. The van der Waals surface area contributed by atoms with Crippen LogP contribution in [0.25, 0.3) is 0 Å². The van der Waals surface area contributed by atoms with Crippen LogP contribution < -0.4 is 0 Å². The molecule has 1 saturated heterocycles. The van der Waals surface area contributed by atoms with Crippen molar-refractivity contribution in [2.45, 2.75) is 0 Å². The fourth-order valence-electron chi connectivity index (χ4n) is 2.12. The van der Waals surface area contributed by atoms with E-state index in [4.69, 9.17) is 10.2 Å². The van der Waals surface area contributed by atoms with Crippen LogP contribution in [0.3, 0.4) is 0 Å². The highest BCUT2D eigenvalue weighted by Gasteiger charge is 2.27. The summed E-state index contributed by atoms with van der Waals surface area (Å²) in [5, 5.41) is 17.9. The normalized spacial score (nSPS) is 15.4. The van der Waals surface area contributed by atoms with Crippen LogP contribution in [0.2, 0.25) is 0 Å². The summed E-state index contributed by atoms with van der Waals surface area (Å²) in [6.07, 6.45) is 2.56. The van der Waals surface area contributed by atoms with Gasteiger partial charge in [-0.05, 0) is 0 Å². The van der Waals surface area contributed by atoms with Crippen LogP contribution in [0.15, 0.2) is 12.4 Å². The first-order chi connectivity index (χ1) is 9.63. The van der Waals surface area contributed by atoms with Crippen molar-refractivity contribution in [2.75, 3.05) is 39.3 Å². The van der Waals surface area contributed by atoms with E-state index in [-0.39, 0.29) is 23.5 Å². The van der Waals surface area contributed by atoms with Gasteiger partial charge in [-0.25, -0.2) is 14.8 Å². The van der Waals surface area contributed by atoms with E-state index in [1.807, 2.05) is 4.90 Å². The first-order valence-corrected chi connectivity index (χ1v) is 6.30. The minimum Gasteiger partial charge on any atom is -0.476 e. The molecule has 0 aromatic carbocycles. The zero-order valence-electron chi connectivity index (χ0n) is 11.4. The second-order valence-corrected chi connectivity index (χ2v) is 4.42. The molecular formula is C12H18N4O5. The molecule has 1 aliphatic rings. The van der Waals surface area contributed by atoms with Gasteiger partial charge in [0.15, 0.2) is 11.4 Å². The molecule has 1 fully saturated rings. The predicted octanol–water partition coefficient (Wildman–Crippen LogP) is -1.90. The number of aromatic nitrogens is 2. The quantitative estimate of drug-likeness (QED) is 0.662. The molecule has 1 aliphatic heterocycles. The van der Waals surface area contributed by atoms with Crippen molar-refractivity contribution >= 4 is 11.9 Å². The number of aliphatic hydroxyl groups is 1. The fraction of sp³-hybridized carbons (Fsp3) is 0.500. The molecule has 1 amide bonds. The maximum Gasteiger partial charge on any atom is 0.356 e. The zero-order valence-corrected chi connectivity index (χ0v) is 11.4. The average Bonchev–Trinajstić information content (AvgIpc) is 2.47. The summed E-state index contributed by atoms with van der Waals surface area (Å²) in [5.74, 6) is -1.68. The Morgan fingerprint density at radius 1 is 1.10 bits per heavy atom. The lowest BCUT2D eigenvalue weighted by Gasteiger charge is -2.34. The fourth-order valence-corrected chi connectivity index (χ4v) is 2.12. The standard InChI is InChI=1S/C12H16N4O4.H2O/c17-8-7-15-3-5-16(6-4-15)11(18)9-10(12(19)20)14-2-1-13-9;/h1-2,17H,3-8H2,(H,19,20);1H2. The summed E-state index contributed by atoms with van der Waals surface area (Å²) in [5.41, 5.74) is -0.453. The highest BCUT2D eigenvalue weighted by molar-refractivity contribution is 6.01. The molecular weight excluding hydrogens is 280 g/mol. The molecule has 0 atom stereocenters. The molecule has 0 spiro atoms. The van der Waals surface area contributed by atoms with Crippen LogP contribution in [-0.4, -0.2) is 86.7 Å². The number of carbonyl (C=O) groups excluding carboxylic acids is 1. The van der Waals surface area contributed by atoms with Gasteiger partial charge in [-0.2, -0.15) is 0 Å². The highest BCUT2D eigenvalue weighted by atomic mass is 16.4. The van der Waals surface area contributed by atoms with Gasteiger partial charge >= 0.3 is 5.97 Å². The number of carboxylic acids is 1. The molecule has 0 unspecified atom stereocenters. The van der Waals surface area contributed by atoms with Crippen LogP contribution in [0.1, 0.15) is 21.0 Å². The Morgan fingerprint density at radius 2 is 1.67 bits per heavy atom. The van der Waals surface area contributed by atoms with Crippen molar-refractivity contribution in [3.63, 3.8) is 0 Å². The maximum absolute atomic E-state index is 12.3. The number of carbonyl (C=O) groups is 2. The SMILES string of the molecule is O.O=C(O)c1nccnc1C(=O)N1CCN(CCO)CC1. The molecule has 9 nitrogen and oxygen atoms in total. The molecule has 4 N–H and O–H groups in total. The Balaban J connectivity index is 0.00000220. The molecule has 2 heterocycles. The van der Waals surface area contributed by atoms with E-state index in [2.05, 4.69) is 9.97 Å². The van der Waals surface area contributed by atoms with E-state index in [1.165, 1.54) is 12.4 Å². The van der Waals surface area contributed by atoms with Gasteiger partial charge in [0, 0.05) is 45.1 Å². The van der Waals surface area contributed by atoms with E-state index < -0.39 is 11.9 Å². The predicted molar refractivity (Wildman–Crippen MR) is 72.0 cm³/mol. The van der Waals surface area contributed by atoms with Gasteiger partial charge in [0.25, 0.3) is 5.91 Å². The van der Waals surface area contributed by atoms with Crippen molar-refractivity contribution < 1.29 is 25.3 Å². The molecule has 0 saturated carbocycles. The first-order valence-electron chi connectivity index (χ1n) is 6.30. The topological polar surface area (TPSA) is 138 Å². The molecule has 1 aromatic rings. The summed E-state index contributed by atoms with van der Waals surface area (Å²) < 4.78 is 0. The van der Waals surface area contributed by atoms with Crippen LogP contribution in [-0.2, 0) is 0 Å². The van der Waals surface area contributed by atoms with Crippen molar-refractivity contribution in [2.24, 2.45) is 0 Å². The first kappa shape index (κ1) is 17.0. The van der Waals surface area contributed by atoms with Crippen LogP contribution in [0, 0.1) is 0 Å². The molecule has 1 aromatic heterocycles. The number of amides is 1. The molecule has 0 bridgehead atoms. The number of aliphatic hydroxyl groups excluding tert-OH is 1. The van der Waals surface area contributed by atoms with Crippen molar-refractivity contribution in [1.29, 1.82) is 0 Å². The van der Waals surface area contributed by atoms with Crippen LogP contribution >= 0.6 is 0 Å². The van der Waals surface area contributed by atoms with Gasteiger partial charge in [0.2, 0.25) is 0 Å². The Labute approximate surface area is 121 Å². The molecule has 9 heteroatoms. The Bertz CT molecular complexity index is 502. The lowest BCUT2D eigenvalue weighted by Crippen LogP contribution is -2.49. The summed E-state index contributed by atoms with van der Waals surface area (Å²) in [4.78, 5) is 34.4. The molecule has 116 valence electrons. The number of carboxylic acid groups (broad SMARTS) is 1. The lowest BCUT2D eigenvalue weighted by molar-refractivity contribution is 0.0589. The van der Waals surface area contributed by atoms with E-state index in [0.29, 0.717) is 32.7 Å². The van der Waals surface area contributed by atoms with Gasteiger partial charge < -0.3 is 20.6 Å². The van der Waals surface area contributed by atoms with Gasteiger partial charge in [-0.3, -0.25) is 9.69 Å². The minimum absolute atomic E-state index is 0. The zero-order chi connectivity index (χ0) is 14.5. The number of β-amino-alcohol motifs (C(OH)–C–C–N with tert-alkyl or cyclic N) is 1. The Morgan fingerprint density at radius 3 is 2.19 bits per heavy atom. The third-order valence-electron chi connectivity index (χ3n) is 3.18. The Kier molecular flexibility index (Phi) is 6.15. The van der Waals surface area contributed by atoms with Gasteiger partial charge in [0.05, 0.1) is 6.61 Å². The molecule has 21 heavy (non-hydrogen) atoms. The average molecular weight is 298 g/mol. The minimum atomic E-state index is -1.26. The number of rotatable bonds is 4. The lowest BCUT2D eigenvalue weighted by atomic mass is 10.2. The molecule has 2 rings (SSSR count). The van der Waals surface area contributed by atoms with Gasteiger partial charge in [0.1, 0.15) is 0 Å². The number of nitrogens with zero attached hydrogens (tertiary/aromatic N) is 4. The van der Waals surface area contributed by atoms with E-state index in [1.54, 1.807) is 4.90 Å². The second-order valence-electron chi connectivity index (χ2n) is 4.42. The van der Waals surface area contributed by atoms with Crippen molar-refractivity contribution in [1.82, 2.24) is 19.8 Å². The van der Waals surface area contributed by atoms with E-state index >= 15 is 0 Å². The number of piperazine rings is 1. The molecule has 0 aliphatic carbocycles. The van der Waals surface area contributed by atoms with E-state index in [0.717, 1.165) is 0 Å². The summed E-state index contributed by atoms with van der Waals surface area (Å²) in [6, 6.07) is 0. The smallest absolute Gasteiger partial charge is 0.356 e.